The van der Waals surface area contributed by atoms with Crippen molar-refractivity contribution >= 4 is 5.69 Å². The second kappa shape index (κ2) is 4.52. The van der Waals surface area contributed by atoms with Crippen molar-refractivity contribution in [2.75, 3.05) is 0 Å². The van der Waals surface area contributed by atoms with E-state index in [4.69, 9.17) is 0 Å². The molecule has 0 atom stereocenters. The van der Waals surface area contributed by atoms with Crippen LogP contribution >= 0.6 is 0 Å². The lowest BCUT2D eigenvalue weighted by atomic mass is 10.0. The molecule has 0 saturated carbocycles. The van der Waals surface area contributed by atoms with Gasteiger partial charge in [0.05, 0.1) is 4.92 Å². The summed E-state index contributed by atoms with van der Waals surface area (Å²) in [5.41, 5.74) is -0.557. The maximum atomic E-state index is 14.0. The molecule has 0 heterocycles. The molecule has 0 bridgehead atoms. The molecule has 3 nitrogen and oxygen atoms in total. The quantitative estimate of drug-likeness (QED) is 0.599. The molecule has 18 heavy (non-hydrogen) atoms. The van der Waals surface area contributed by atoms with Gasteiger partial charge in [-0.25, -0.2) is 0 Å². The van der Waals surface area contributed by atoms with Gasteiger partial charge in [-0.15, -0.1) is 0 Å². The highest BCUT2D eigenvalue weighted by Gasteiger charge is 2.26. The van der Waals surface area contributed by atoms with Gasteiger partial charge in [-0.2, -0.15) is 8.78 Å². The van der Waals surface area contributed by atoms with Gasteiger partial charge in [0.15, 0.2) is 0 Å². The van der Waals surface area contributed by atoms with Gasteiger partial charge < -0.3 is 0 Å². The van der Waals surface area contributed by atoms with Crippen LogP contribution in [0.2, 0.25) is 0 Å². The third-order valence-corrected chi connectivity index (χ3v) is 2.63. The SMILES string of the molecule is Cc1cc(-c2ccccc2)c(F)c([N+](=O)[O-])c1F. The van der Waals surface area contributed by atoms with E-state index in [1.807, 2.05) is 0 Å². The number of hydrogen-bond donors (Lipinski definition) is 0. The molecule has 0 radical (unpaired) electrons. The lowest BCUT2D eigenvalue weighted by Gasteiger charge is -2.07. The summed E-state index contributed by atoms with van der Waals surface area (Å²) in [6, 6.07) is 9.59. The first-order valence-electron chi connectivity index (χ1n) is 5.20. The molecule has 5 heteroatoms. The Morgan fingerprint density at radius 3 is 2.28 bits per heavy atom. The van der Waals surface area contributed by atoms with Crippen molar-refractivity contribution in [1.82, 2.24) is 0 Å². The Kier molecular flexibility index (Phi) is 3.06. The van der Waals surface area contributed by atoms with E-state index in [2.05, 4.69) is 0 Å². The minimum atomic E-state index is -1.14. The first kappa shape index (κ1) is 12.2. The van der Waals surface area contributed by atoms with Crippen molar-refractivity contribution in [2.24, 2.45) is 0 Å². The Morgan fingerprint density at radius 2 is 1.72 bits per heavy atom. The third-order valence-electron chi connectivity index (χ3n) is 2.63. The third kappa shape index (κ3) is 1.95. The van der Waals surface area contributed by atoms with E-state index in [0.29, 0.717) is 5.56 Å². The highest BCUT2D eigenvalue weighted by molar-refractivity contribution is 5.68. The van der Waals surface area contributed by atoms with E-state index < -0.39 is 22.2 Å². The molecule has 0 aliphatic rings. The van der Waals surface area contributed by atoms with E-state index in [1.165, 1.54) is 13.0 Å². The van der Waals surface area contributed by atoms with Crippen LogP contribution in [0.3, 0.4) is 0 Å². The van der Waals surface area contributed by atoms with Crippen LogP contribution in [0.1, 0.15) is 5.56 Å². The number of benzene rings is 2. The Bertz CT molecular complexity index is 612. The molecular weight excluding hydrogens is 240 g/mol. The van der Waals surface area contributed by atoms with E-state index in [-0.39, 0.29) is 11.1 Å². The average Bonchev–Trinajstić information content (AvgIpc) is 2.34. The number of nitrogens with zero attached hydrogens (tertiary/aromatic N) is 1. The number of aryl methyl sites for hydroxylation is 1. The number of nitro groups is 1. The number of nitro benzene ring substituents is 1. The predicted octanol–water partition coefficient (Wildman–Crippen LogP) is 3.85. The van der Waals surface area contributed by atoms with Crippen LogP contribution in [0, 0.1) is 28.7 Å². The molecule has 0 amide bonds. The van der Waals surface area contributed by atoms with Crippen molar-refractivity contribution in [1.29, 1.82) is 0 Å². The minimum Gasteiger partial charge on any atom is -0.258 e. The summed E-state index contributed by atoms with van der Waals surface area (Å²) < 4.78 is 27.5. The molecule has 92 valence electrons. The van der Waals surface area contributed by atoms with Crippen LogP contribution in [0.15, 0.2) is 36.4 Å². The summed E-state index contributed by atoms with van der Waals surface area (Å²) >= 11 is 0. The van der Waals surface area contributed by atoms with Crippen LogP contribution in [0.5, 0.6) is 0 Å². The van der Waals surface area contributed by atoms with E-state index >= 15 is 0 Å². The second-order valence-corrected chi connectivity index (χ2v) is 3.84. The van der Waals surface area contributed by atoms with Gasteiger partial charge in [0.1, 0.15) is 0 Å². The highest BCUT2D eigenvalue weighted by atomic mass is 19.1. The van der Waals surface area contributed by atoms with Gasteiger partial charge in [-0.05, 0) is 24.1 Å². The Morgan fingerprint density at radius 1 is 1.11 bits per heavy atom. The smallest absolute Gasteiger partial charge is 0.258 e. The summed E-state index contributed by atoms with van der Waals surface area (Å²) in [6.45, 7) is 1.37. The predicted molar refractivity (Wildman–Crippen MR) is 63.2 cm³/mol. The van der Waals surface area contributed by atoms with Gasteiger partial charge in [-0.3, -0.25) is 10.1 Å². The summed E-state index contributed by atoms with van der Waals surface area (Å²) in [7, 11) is 0. The van der Waals surface area contributed by atoms with Crippen molar-refractivity contribution in [3.8, 4) is 11.1 Å². The van der Waals surface area contributed by atoms with E-state index in [1.54, 1.807) is 30.3 Å². The van der Waals surface area contributed by atoms with Gasteiger partial charge in [0.25, 0.3) is 0 Å². The van der Waals surface area contributed by atoms with Crippen molar-refractivity contribution in [2.45, 2.75) is 6.92 Å². The zero-order chi connectivity index (χ0) is 13.3. The zero-order valence-electron chi connectivity index (χ0n) is 9.48. The fourth-order valence-electron chi connectivity index (χ4n) is 1.74. The minimum absolute atomic E-state index is 0.0289. The van der Waals surface area contributed by atoms with Crippen LogP contribution in [-0.4, -0.2) is 4.92 Å². The fourth-order valence-corrected chi connectivity index (χ4v) is 1.74. The summed E-state index contributed by atoms with van der Waals surface area (Å²) in [6.07, 6.45) is 0. The number of halogens is 2. The van der Waals surface area contributed by atoms with Gasteiger partial charge in [0.2, 0.25) is 11.6 Å². The van der Waals surface area contributed by atoms with Gasteiger partial charge in [0, 0.05) is 5.56 Å². The van der Waals surface area contributed by atoms with Crippen LogP contribution in [-0.2, 0) is 0 Å². The molecule has 0 spiro atoms. The van der Waals surface area contributed by atoms with E-state index in [0.717, 1.165) is 0 Å². The molecule has 0 aliphatic carbocycles. The lowest BCUT2D eigenvalue weighted by molar-refractivity contribution is -0.390. The number of hydrogen-bond acceptors (Lipinski definition) is 2. The molecule has 0 aliphatic heterocycles. The first-order valence-corrected chi connectivity index (χ1v) is 5.20. The molecule has 2 aromatic carbocycles. The summed E-state index contributed by atoms with van der Waals surface area (Å²) in [4.78, 5) is 9.67. The Labute approximate surface area is 102 Å². The number of rotatable bonds is 2. The van der Waals surface area contributed by atoms with Crippen LogP contribution < -0.4 is 0 Å². The molecule has 0 aromatic heterocycles. The standard InChI is InChI=1S/C13H9F2NO2/c1-8-7-10(9-5-3-2-4-6-9)12(15)13(11(8)14)16(17)18/h2-7H,1H3. The highest BCUT2D eigenvalue weighted by Crippen LogP contribution is 2.33. The van der Waals surface area contributed by atoms with Crippen molar-refractivity contribution in [3.63, 3.8) is 0 Å². The molecular formula is C13H9F2NO2. The van der Waals surface area contributed by atoms with Crippen molar-refractivity contribution < 1.29 is 13.7 Å². The second-order valence-electron chi connectivity index (χ2n) is 3.84. The fraction of sp³-hybridized carbons (Fsp3) is 0.0769. The largest absolute Gasteiger partial charge is 0.341 e. The Balaban J connectivity index is 2.75. The molecule has 0 unspecified atom stereocenters. The van der Waals surface area contributed by atoms with Gasteiger partial charge in [-0.1, -0.05) is 30.3 Å². The maximum Gasteiger partial charge on any atom is 0.341 e. The molecule has 2 rings (SSSR count). The van der Waals surface area contributed by atoms with Crippen LogP contribution in [0.25, 0.3) is 11.1 Å². The molecule has 2 aromatic rings. The van der Waals surface area contributed by atoms with Crippen LogP contribution in [0.4, 0.5) is 14.5 Å². The normalized spacial score (nSPS) is 10.4. The van der Waals surface area contributed by atoms with Crippen molar-refractivity contribution in [3.05, 3.63) is 63.7 Å². The molecule has 0 fully saturated rings. The monoisotopic (exact) mass is 249 g/mol. The lowest BCUT2D eigenvalue weighted by Crippen LogP contribution is -2.01. The van der Waals surface area contributed by atoms with Gasteiger partial charge >= 0.3 is 5.69 Å². The first-order chi connectivity index (χ1) is 8.52. The summed E-state index contributed by atoms with van der Waals surface area (Å²) in [5, 5.41) is 10.7. The van der Waals surface area contributed by atoms with E-state index in [9.17, 15) is 18.9 Å². The summed E-state index contributed by atoms with van der Waals surface area (Å²) in [5.74, 6) is -2.27. The zero-order valence-corrected chi connectivity index (χ0v) is 9.48. The molecule has 0 saturated heterocycles. The Hall–Kier alpha value is -2.30. The maximum absolute atomic E-state index is 14.0. The topological polar surface area (TPSA) is 43.1 Å². The average molecular weight is 249 g/mol. The molecule has 0 N–H and O–H groups in total.